The predicted octanol–water partition coefficient (Wildman–Crippen LogP) is -1.06. The molecule has 0 aliphatic carbocycles. The molecule has 0 spiro atoms. The topological polar surface area (TPSA) is 80.5 Å². The van der Waals surface area contributed by atoms with E-state index >= 15 is 0 Å². The Labute approximate surface area is 104 Å². The van der Waals surface area contributed by atoms with Crippen LogP contribution in [0.5, 0.6) is 0 Å². The van der Waals surface area contributed by atoms with Crippen LogP contribution in [0.2, 0.25) is 0 Å². The zero-order chi connectivity index (χ0) is 12.4. The first-order valence-corrected chi connectivity index (χ1v) is 5.93. The summed E-state index contributed by atoms with van der Waals surface area (Å²) in [5.41, 5.74) is 0.652. The second kappa shape index (κ2) is 4.83. The van der Waals surface area contributed by atoms with Crippen LogP contribution in [-0.4, -0.2) is 64.6 Å². The lowest BCUT2D eigenvalue weighted by Crippen LogP contribution is -2.46. The number of nitrogens with one attached hydrogen (secondary N) is 1. The molecule has 8 heteroatoms. The molecule has 1 saturated heterocycles. The van der Waals surface area contributed by atoms with E-state index in [0.717, 1.165) is 25.5 Å². The summed E-state index contributed by atoms with van der Waals surface area (Å²) in [5, 5.41) is 18.7. The lowest BCUT2D eigenvalue weighted by atomic mass is 10.2. The molecule has 96 valence electrons. The maximum absolute atomic E-state index is 5.66. The molecule has 0 bridgehead atoms. The molecule has 1 atom stereocenters. The van der Waals surface area contributed by atoms with Crippen LogP contribution in [-0.2, 0) is 4.74 Å². The SMILES string of the molecule is CNCC1CN(c2ccc3nnnn3n2)CCO1. The highest BCUT2D eigenvalue weighted by Gasteiger charge is 2.21. The second-order valence-corrected chi connectivity index (χ2v) is 4.21. The minimum absolute atomic E-state index is 0.190. The van der Waals surface area contributed by atoms with Gasteiger partial charge in [-0.25, -0.2) is 0 Å². The Hall–Kier alpha value is -1.80. The summed E-state index contributed by atoms with van der Waals surface area (Å²) in [5.74, 6) is 0.874. The van der Waals surface area contributed by atoms with Crippen molar-refractivity contribution in [2.45, 2.75) is 6.10 Å². The van der Waals surface area contributed by atoms with Crippen LogP contribution in [0.15, 0.2) is 12.1 Å². The third kappa shape index (κ3) is 2.12. The molecule has 0 amide bonds. The number of ether oxygens (including phenoxy) is 1. The monoisotopic (exact) mass is 249 g/mol. The maximum atomic E-state index is 5.66. The Morgan fingerprint density at radius 2 is 2.44 bits per heavy atom. The number of rotatable bonds is 3. The van der Waals surface area contributed by atoms with Gasteiger partial charge in [-0.2, -0.15) is 0 Å². The molecule has 3 rings (SSSR count). The summed E-state index contributed by atoms with van der Waals surface area (Å²) in [7, 11) is 1.92. The van der Waals surface area contributed by atoms with E-state index in [1.807, 2.05) is 19.2 Å². The van der Waals surface area contributed by atoms with E-state index in [-0.39, 0.29) is 6.10 Å². The van der Waals surface area contributed by atoms with Crippen LogP contribution in [0.4, 0.5) is 5.82 Å². The first-order chi connectivity index (χ1) is 8.86. The highest BCUT2D eigenvalue weighted by Crippen LogP contribution is 2.14. The Morgan fingerprint density at radius 3 is 3.33 bits per heavy atom. The molecule has 1 fully saturated rings. The van der Waals surface area contributed by atoms with Crippen molar-refractivity contribution in [3.05, 3.63) is 12.1 Å². The van der Waals surface area contributed by atoms with Gasteiger partial charge in [0.25, 0.3) is 0 Å². The van der Waals surface area contributed by atoms with Crippen LogP contribution in [0.1, 0.15) is 0 Å². The Balaban J connectivity index is 1.80. The van der Waals surface area contributed by atoms with Gasteiger partial charge in [0.15, 0.2) is 11.5 Å². The normalized spacial score (nSPS) is 20.5. The number of hydrogen-bond donors (Lipinski definition) is 1. The molecule has 1 aliphatic rings. The summed E-state index contributed by atoms with van der Waals surface area (Å²) in [6.45, 7) is 3.20. The van der Waals surface area contributed by atoms with Crippen LogP contribution >= 0.6 is 0 Å². The Morgan fingerprint density at radius 1 is 1.50 bits per heavy atom. The molecule has 1 unspecified atom stereocenters. The Bertz CT molecular complexity index is 526. The summed E-state index contributed by atoms with van der Waals surface area (Å²) < 4.78 is 7.11. The highest BCUT2D eigenvalue weighted by atomic mass is 16.5. The molecule has 18 heavy (non-hydrogen) atoms. The van der Waals surface area contributed by atoms with Crippen LogP contribution in [0.3, 0.4) is 0 Å². The molecule has 0 saturated carbocycles. The lowest BCUT2D eigenvalue weighted by molar-refractivity contribution is 0.0418. The second-order valence-electron chi connectivity index (χ2n) is 4.21. The minimum atomic E-state index is 0.190. The molecular formula is C10H15N7O. The van der Waals surface area contributed by atoms with Gasteiger partial charge in [0, 0.05) is 19.6 Å². The largest absolute Gasteiger partial charge is 0.373 e. The van der Waals surface area contributed by atoms with Crippen molar-refractivity contribution in [3.63, 3.8) is 0 Å². The summed E-state index contributed by atoms with van der Waals surface area (Å²) in [4.78, 5) is 2.19. The summed E-state index contributed by atoms with van der Waals surface area (Å²) in [6, 6.07) is 3.80. The smallest absolute Gasteiger partial charge is 0.200 e. The third-order valence-electron chi connectivity index (χ3n) is 2.95. The molecule has 0 aromatic carbocycles. The van der Waals surface area contributed by atoms with Crippen molar-refractivity contribution >= 4 is 11.5 Å². The van der Waals surface area contributed by atoms with E-state index in [9.17, 15) is 0 Å². The quantitative estimate of drug-likeness (QED) is 0.743. The zero-order valence-electron chi connectivity index (χ0n) is 10.2. The summed E-state index contributed by atoms with van der Waals surface area (Å²) >= 11 is 0. The van der Waals surface area contributed by atoms with E-state index in [2.05, 4.69) is 30.8 Å². The van der Waals surface area contributed by atoms with Crippen LogP contribution < -0.4 is 10.2 Å². The van der Waals surface area contributed by atoms with Crippen molar-refractivity contribution in [2.24, 2.45) is 0 Å². The van der Waals surface area contributed by atoms with Gasteiger partial charge in [0.2, 0.25) is 0 Å². The lowest BCUT2D eigenvalue weighted by Gasteiger charge is -2.33. The van der Waals surface area contributed by atoms with Crippen molar-refractivity contribution in [3.8, 4) is 0 Å². The molecule has 3 heterocycles. The predicted molar refractivity (Wildman–Crippen MR) is 64.5 cm³/mol. The van der Waals surface area contributed by atoms with Gasteiger partial charge in [0.1, 0.15) is 0 Å². The molecule has 2 aromatic heterocycles. The average molecular weight is 249 g/mol. The molecule has 1 aliphatic heterocycles. The van der Waals surface area contributed by atoms with Gasteiger partial charge in [-0.15, -0.1) is 14.8 Å². The molecule has 1 N–H and O–H groups in total. The van der Waals surface area contributed by atoms with Crippen LogP contribution in [0, 0.1) is 0 Å². The number of fused-ring (bicyclic) bond motifs is 1. The number of tetrazole rings is 1. The van der Waals surface area contributed by atoms with Crippen molar-refractivity contribution < 1.29 is 4.74 Å². The average Bonchev–Trinajstić information content (AvgIpc) is 2.86. The number of hydrogen-bond acceptors (Lipinski definition) is 7. The first-order valence-electron chi connectivity index (χ1n) is 5.93. The van der Waals surface area contributed by atoms with E-state index in [1.54, 1.807) is 0 Å². The van der Waals surface area contributed by atoms with Gasteiger partial charge in [0.05, 0.1) is 12.7 Å². The van der Waals surface area contributed by atoms with E-state index < -0.39 is 0 Å². The number of morpholine rings is 1. The fraction of sp³-hybridized carbons (Fsp3) is 0.600. The summed E-state index contributed by atoms with van der Waals surface area (Å²) in [6.07, 6.45) is 0.190. The van der Waals surface area contributed by atoms with Gasteiger partial charge in [-0.3, -0.25) is 0 Å². The number of nitrogens with zero attached hydrogens (tertiary/aromatic N) is 6. The minimum Gasteiger partial charge on any atom is -0.373 e. The number of anilines is 1. The van der Waals surface area contributed by atoms with Gasteiger partial charge in [-0.05, 0) is 29.6 Å². The molecule has 8 nitrogen and oxygen atoms in total. The highest BCUT2D eigenvalue weighted by molar-refractivity contribution is 5.44. The standard InChI is InChI=1S/C10H15N7O/c1-11-6-8-7-16(4-5-18-8)10-3-2-9-12-14-15-17(9)13-10/h2-3,8,11H,4-7H2,1H3. The van der Waals surface area contributed by atoms with Gasteiger partial charge >= 0.3 is 0 Å². The number of likely N-dealkylation sites (N-methyl/N-ethyl adjacent to an activating group) is 1. The van der Waals surface area contributed by atoms with Crippen molar-refractivity contribution in [1.82, 2.24) is 30.6 Å². The number of aromatic nitrogens is 5. The molecule has 2 aromatic rings. The first kappa shape index (κ1) is 11.3. The van der Waals surface area contributed by atoms with E-state index in [4.69, 9.17) is 4.74 Å². The molecule has 0 radical (unpaired) electrons. The maximum Gasteiger partial charge on any atom is 0.200 e. The van der Waals surface area contributed by atoms with Gasteiger partial charge in [-0.1, -0.05) is 0 Å². The van der Waals surface area contributed by atoms with Crippen LogP contribution in [0.25, 0.3) is 5.65 Å². The van der Waals surface area contributed by atoms with Crippen molar-refractivity contribution in [1.29, 1.82) is 0 Å². The van der Waals surface area contributed by atoms with E-state index in [0.29, 0.717) is 12.3 Å². The fourth-order valence-electron chi connectivity index (χ4n) is 2.09. The van der Waals surface area contributed by atoms with Gasteiger partial charge < -0.3 is 15.0 Å². The molecular weight excluding hydrogens is 234 g/mol. The Kier molecular flexibility index (Phi) is 3.03. The van der Waals surface area contributed by atoms with Crippen molar-refractivity contribution in [2.75, 3.05) is 38.2 Å². The fourth-order valence-corrected chi connectivity index (χ4v) is 2.09. The van der Waals surface area contributed by atoms with E-state index in [1.165, 1.54) is 4.63 Å². The zero-order valence-corrected chi connectivity index (χ0v) is 10.2. The third-order valence-corrected chi connectivity index (χ3v) is 2.95.